The quantitative estimate of drug-likeness (QED) is 0.779. The summed E-state index contributed by atoms with van der Waals surface area (Å²) in [5.74, 6) is -0.383. The first-order chi connectivity index (χ1) is 9.20. The zero-order valence-corrected chi connectivity index (χ0v) is 12.2. The second-order valence-electron chi connectivity index (χ2n) is 4.38. The number of anilines is 1. The van der Waals surface area contributed by atoms with Crippen molar-refractivity contribution in [3.63, 3.8) is 0 Å². The van der Waals surface area contributed by atoms with Crippen molar-refractivity contribution in [1.82, 2.24) is 0 Å². The van der Waals surface area contributed by atoms with E-state index in [1.54, 1.807) is 12.1 Å². The highest BCUT2D eigenvalue weighted by atomic mass is 16.2. The molecule has 2 amide bonds. The molecular weight excluding hydrogens is 238 g/mol. The summed E-state index contributed by atoms with van der Waals surface area (Å²) >= 11 is 0. The average molecular weight is 261 g/mol. The predicted molar refractivity (Wildman–Crippen MR) is 77.8 cm³/mol. The first-order valence-corrected chi connectivity index (χ1v) is 7.13. The summed E-state index contributed by atoms with van der Waals surface area (Å²) in [6.07, 6.45) is 1.46. The number of carbonyl (C=O) groups excluding carboxylic acids is 2. The summed E-state index contributed by atoms with van der Waals surface area (Å²) in [4.78, 5) is 25.8. The highest BCUT2D eigenvalue weighted by Crippen LogP contribution is 2.34. The largest absolute Gasteiger partial charge is 0.274 e. The lowest BCUT2D eigenvalue weighted by atomic mass is 9.91. The van der Waals surface area contributed by atoms with Crippen molar-refractivity contribution in [1.29, 1.82) is 0 Å². The van der Waals surface area contributed by atoms with Gasteiger partial charge < -0.3 is 0 Å². The van der Waals surface area contributed by atoms with E-state index in [1.807, 2.05) is 45.9 Å². The van der Waals surface area contributed by atoms with Gasteiger partial charge in [-0.05, 0) is 25.0 Å². The van der Waals surface area contributed by atoms with Crippen molar-refractivity contribution in [2.24, 2.45) is 11.8 Å². The van der Waals surface area contributed by atoms with Crippen molar-refractivity contribution in [3.8, 4) is 0 Å². The molecule has 1 aromatic carbocycles. The third-order valence-corrected chi connectivity index (χ3v) is 3.45. The van der Waals surface area contributed by atoms with Crippen molar-refractivity contribution in [3.05, 3.63) is 30.3 Å². The lowest BCUT2D eigenvalue weighted by Gasteiger charge is -2.14. The Kier molecular flexibility index (Phi) is 5.74. The van der Waals surface area contributed by atoms with Crippen LogP contribution in [-0.4, -0.2) is 11.8 Å². The second kappa shape index (κ2) is 7.07. The van der Waals surface area contributed by atoms with Gasteiger partial charge in [-0.15, -0.1) is 0 Å². The third kappa shape index (κ3) is 2.86. The van der Waals surface area contributed by atoms with Crippen molar-refractivity contribution in [2.75, 3.05) is 4.90 Å². The number of hydrogen-bond acceptors (Lipinski definition) is 2. The standard InChI is InChI=1S/C14H17NO2.C2H6/c1-3-11-12(4-2)14(17)15(13(11)16)10-8-6-5-7-9-10;1-2/h5-9,11-12H,3-4H2,1-2H3;1-2H3. The molecule has 0 aliphatic carbocycles. The van der Waals surface area contributed by atoms with E-state index in [4.69, 9.17) is 0 Å². The lowest BCUT2D eigenvalue weighted by Crippen LogP contribution is -2.30. The molecule has 3 nitrogen and oxygen atoms in total. The van der Waals surface area contributed by atoms with Crippen LogP contribution < -0.4 is 4.90 Å². The number of para-hydroxylation sites is 1. The summed E-state index contributed by atoms with van der Waals surface area (Å²) in [7, 11) is 0. The average Bonchev–Trinajstić information content (AvgIpc) is 2.71. The molecule has 0 bridgehead atoms. The molecule has 0 aromatic heterocycles. The van der Waals surface area contributed by atoms with E-state index in [9.17, 15) is 9.59 Å². The molecule has 19 heavy (non-hydrogen) atoms. The molecule has 1 aromatic rings. The number of imide groups is 1. The minimum Gasteiger partial charge on any atom is -0.274 e. The number of hydrogen-bond donors (Lipinski definition) is 0. The SMILES string of the molecule is CC.CCC1C(=O)N(c2ccccc2)C(=O)C1CC. The summed E-state index contributed by atoms with van der Waals surface area (Å²) in [5.41, 5.74) is 0.692. The van der Waals surface area contributed by atoms with Gasteiger partial charge in [0.15, 0.2) is 0 Å². The van der Waals surface area contributed by atoms with E-state index in [-0.39, 0.29) is 23.7 Å². The smallest absolute Gasteiger partial charge is 0.237 e. The molecule has 1 fully saturated rings. The van der Waals surface area contributed by atoms with Crippen LogP contribution in [0.4, 0.5) is 5.69 Å². The van der Waals surface area contributed by atoms with Crippen molar-refractivity contribution in [2.45, 2.75) is 40.5 Å². The van der Waals surface area contributed by atoms with Crippen LogP contribution in [-0.2, 0) is 9.59 Å². The van der Waals surface area contributed by atoms with Crippen molar-refractivity contribution >= 4 is 17.5 Å². The Balaban J connectivity index is 0.000000861. The molecule has 0 N–H and O–H groups in total. The maximum absolute atomic E-state index is 12.2. The summed E-state index contributed by atoms with van der Waals surface area (Å²) < 4.78 is 0. The van der Waals surface area contributed by atoms with Crippen LogP contribution in [0.5, 0.6) is 0 Å². The van der Waals surface area contributed by atoms with Gasteiger partial charge in [0.1, 0.15) is 0 Å². The first kappa shape index (κ1) is 15.4. The molecule has 2 atom stereocenters. The Morgan fingerprint density at radius 1 is 0.895 bits per heavy atom. The van der Waals surface area contributed by atoms with E-state index < -0.39 is 0 Å². The topological polar surface area (TPSA) is 37.4 Å². The molecular formula is C16H23NO2. The minimum absolute atomic E-state index is 0.0458. The fraction of sp³-hybridized carbons (Fsp3) is 0.500. The van der Waals surface area contributed by atoms with Crippen LogP contribution in [0.1, 0.15) is 40.5 Å². The summed E-state index contributed by atoms with van der Waals surface area (Å²) in [6, 6.07) is 9.18. The molecule has 0 spiro atoms. The first-order valence-electron chi connectivity index (χ1n) is 7.13. The van der Waals surface area contributed by atoms with Gasteiger partial charge >= 0.3 is 0 Å². The maximum atomic E-state index is 12.2. The molecule has 2 rings (SSSR count). The van der Waals surface area contributed by atoms with Crippen LogP contribution in [0.2, 0.25) is 0 Å². The molecule has 1 heterocycles. The number of benzene rings is 1. The van der Waals surface area contributed by atoms with Gasteiger partial charge in [-0.1, -0.05) is 45.9 Å². The van der Waals surface area contributed by atoms with Crippen LogP contribution in [0, 0.1) is 11.8 Å². The van der Waals surface area contributed by atoms with Gasteiger partial charge in [0.05, 0.1) is 17.5 Å². The van der Waals surface area contributed by atoms with E-state index in [0.29, 0.717) is 5.69 Å². The third-order valence-electron chi connectivity index (χ3n) is 3.45. The Bertz CT molecular complexity index is 406. The zero-order valence-electron chi connectivity index (χ0n) is 12.2. The van der Waals surface area contributed by atoms with E-state index in [2.05, 4.69) is 0 Å². The molecule has 3 heteroatoms. The molecule has 104 valence electrons. The van der Waals surface area contributed by atoms with Gasteiger partial charge in [0.25, 0.3) is 0 Å². The molecule has 1 saturated heterocycles. The molecule has 0 radical (unpaired) electrons. The zero-order chi connectivity index (χ0) is 14.4. The van der Waals surface area contributed by atoms with E-state index in [0.717, 1.165) is 12.8 Å². The van der Waals surface area contributed by atoms with Crippen LogP contribution in [0.15, 0.2) is 30.3 Å². The Hall–Kier alpha value is -1.64. The predicted octanol–water partition coefficient (Wildman–Crippen LogP) is 3.64. The van der Waals surface area contributed by atoms with Gasteiger partial charge in [0.2, 0.25) is 11.8 Å². The van der Waals surface area contributed by atoms with Crippen LogP contribution in [0.25, 0.3) is 0 Å². The van der Waals surface area contributed by atoms with Crippen molar-refractivity contribution < 1.29 is 9.59 Å². The van der Waals surface area contributed by atoms with Crippen LogP contribution >= 0.6 is 0 Å². The lowest BCUT2D eigenvalue weighted by molar-refractivity contribution is -0.122. The van der Waals surface area contributed by atoms with E-state index in [1.165, 1.54) is 4.90 Å². The van der Waals surface area contributed by atoms with Gasteiger partial charge in [-0.3, -0.25) is 14.5 Å². The molecule has 2 unspecified atom stereocenters. The monoisotopic (exact) mass is 261 g/mol. The number of carbonyl (C=O) groups is 2. The van der Waals surface area contributed by atoms with Gasteiger partial charge in [0, 0.05) is 0 Å². The Morgan fingerprint density at radius 3 is 1.68 bits per heavy atom. The van der Waals surface area contributed by atoms with Gasteiger partial charge in [-0.2, -0.15) is 0 Å². The highest BCUT2D eigenvalue weighted by Gasteiger charge is 2.45. The summed E-state index contributed by atoms with van der Waals surface area (Å²) in [6.45, 7) is 7.93. The molecule has 0 saturated carbocycles. The number of nitrogens with zero attached hydrogens (tertiary/aromatic N) is 1. The fourth-order valence-electron chi connectivity index (χ4n) is 2.53. The normalized spacial score (nSPS) is 22.2. The minimum atomic E-state index is -0.146. The second-order valence-corrected chi connectivity index (χ2v) is 4.38. The summed E-state index contributed by atoms with van der Waals surface area (Å²) in [5, 5.41) is 0. The number of amides is 2. The Morgan fingerprint density at radius 2 is 1.32 bits per heavy atom. The Labute approximate surface area is 115 Å². The van der Waals surface area contributed by atoms with Crippen LogP contribution in [0.3, 0.4) is 0 Å². The maximum Gasteiger partial charge on any atom is 0.237 e. The number of rotatable bonds is 3. The van der Waals surface area contributed by atoms with Gasteiger partial charge in [-0.25, -0.2) is 0 Å². The van der Waals surface area contributed by atoms with E-state index >= 15 is 0 Å². The molecule has 1 aliphatic rings. The highest BCUT2D eigenvalue weighted by molar-refractivity contribution is 6.21. The molecule has 1 aliphatic heterocycles. The fourth-order valence-corrected chi connectivity index (χ4v) is 2.53.